The van der Waals surface area contributed by atoms with Crippen molar-refractivity contribution in [3.63, 3.8) is 0 Å². The summed E-state index contributed by atoms with van der Waals surface area (Å²) < 4.78 is 0. The fourth-order valence-corrected chi connectivity index (χ4v) is 3.42. The summed E-state index contributed by atoms with van der Waals surface area (Å²) in [6.45, 7) is 0. The van der Waals surface area contributed by atoms with Crippen LogP contribution in [0.4, 0.5) is 5.69 Å². The van der Waals surface area contributed by atoms with Gasteiger partial charge in [-0.3, -0.25) is 9.59 Å². The fraction of sp³-hybridized carbons (Fsp3) is 0. The number of amides is 2. The molecule has 0 unspecified atom stereocenters. The van der Waals surface area contributed by atoms with Gasteiger partial charge in [0.15, 0.2) is 0 Å². The highest BCUT2D eigenvalue weighted by atomic mass is 32.1. The molecule has 0 saturated heterocycles. The molecule has 0 aliphatic rings. The van der Waals surface area contributed by atoms with Gasteiger partial charge in [-0.2, -0.15) is 0 Å². The molecule has 0 fully saturated rings. The maximum absolute atomic E-state index is 12.5. The van der Waals surface area contributed by atoms with Gasteiger partial charge in [-0.15, -0.1) is 21.5 Å². The number of carbonyl (C=O) groups is 2. The second-order valence-electron chi connectivity index (χ2n) is 6.11. The first-order valence-corrected chi connectivity index (χ1v) is 9.54. The Hall–Kier alpha value is -3.91. The molecule has 0 radical (unpaired) electrons. The highest BCUT2D eigenvalue weighted by Gasteiger charge is 2.12. The minimum absolute atomic E-state index is 0.202. The number of thiazole rings is 1. The zero-order valence-corrected chi connectivity index (χ0v) is 15.9. The minimum atomic E-state index is -0.581. The molecule has 2 aromatic carbocycles. The molecule has 2 aromatic heterocycles. The third kappa shape index (κ3) is 4.17. The molecule has 8 heteroatoms. The van der Waals surface area contributed by atoms with E-state index in [0.717, 1.165) is 11.3 Å². The lowest BCUT2D eigenvalue weighted by molar-refractivity contribution is 0.0994. The van der Waals surface area contributed by atoms with Gasteiger partial charge in [0.05, 0.1) is 5.69 Å². The van der Waals surface area contributed by atoms with Crippen molar-refractivity contribution >= 4 is 28.8 Å². The third-order valence-corrected chi connectivity index (χ3v) is 4.96. The summed E-state index contributed by atoms with van der Waals surface area (Å²) in [6.07, 6.45) is 0. The molecule has 0 saturated carbocycles. The molecule has 0 spiro atoms. The van der Waals surface area contributed by atoms with Crippen LogP contribution in [0.15, 0.2) is 72.1 Å². The maximum Gasteiger partial charge on any atom is 0.268 e. The van der Waals surface area contributed by atoms with Crippen molar-refractivity contribution in [2.24, 2.45) is 5.73 Å². The van der Waals surface area contributed by atoms with Crippen molar-refractivity contribution in [2.45, 2.75) is 0 Å². The summed E-state index contributed by atoms with van der Waals surface area (Å²) in [5.41, 5.74) is 8.61. The lowest BCUT2D eigenvalue weighted by Gasteiger charge is -2.07. The molecular weight excluding hydrogens is 386 g/mol. The normalized spacial score (nSPS) is 10.5. The lowest BCUT2D eigenvalue weighted by Crippen LogP contribution is -2.11. The highest BCUT2D eigenvalue weighted by molar-refractivity contribution is 7.13. The Labute approximate surface area is 170 Å². The first-order chi connectivity index (χ1) is 14.1. The minimum Gasteiger partial charge on any atom is -0.364 e. The largest absolute Gasteiger partial charge is 0.364 e. The van der Waals surface area contributed by atoms with E-state index < -0.39 is 5.91 Å². The Balaban J connectivity index is 1.54. The molecule has 29 heavy (non-hydrogen) atoms. The molecule has 0 atom stereocenters. The molecular formula is C21H15N5O2S. The Morgan fingerprint density at radius 3 is 2.34 bits per heavy atom. The zero-order chi connectivity index (χ0) is 20.2. The van der Waals surface area contributed by atoms with Crippen molar-refractivity contribution in [1.29, 1.82) is 0 Å². The Bertz CT molecular complexity index is 1170. The van der Waals surface area contributed by atoms with Gasteiger partial charge >= 0.3 is 0 Å². The second kappa shape index (κ2) is 7.99. The van der Waals surface area contributed by atoms with Crippen LogP contribution in [0.3, 0.4) is 0 Å². The number of nitrogens with one attached hydrogen (secondary N) is 1. The number of carbonyl (C=O) groups excluding carboxylic acids is 2. The third-order valence-electron chi connectivity index (χ3n) is 4.09. The molecule has 2 heterocycles. The summed E-state index contributed by atoms with van der Waals surface area (Å²) in [5.74, 6) is -0.785. The van der Waals surface area contributed by atoms with E-state index in [-0.39, 0.29) is 11.6 Å². The van der Waals surface area contributed by atoms with Crippen LogP contribution in [0.1, 0.15) is 20.8 Å². The average molecular weight is 401 g/mol. The summed E-state index contributed by atoms with van der Waals surface area (Å²) in [5, 5.41) is 13.4. The molecule has 2 amide bonds. The molecule has 0 bridgehead atoms. The summed E-state index contributed by atoms with van der Waals surface area (Å²) >= 11 is 1.27. The highest BCUT2D eigenvalue weighted by Crippen LogP contribution is 2.24. The van der Waals surface area contributed by atoms with E-state index in [9.17, 15) is 9.59 Å². The predicted molar refractivity (Wildman–Crippen MR) is 111 cm³/mol. The Kier molecular flexibility index (Phi) is 5.08. The number of hydrogen-bond acceptors (Lipinski definition) is 6. The van der Waals surface area contributed by atoms with E-state index in [1.807, 2.05) is 36.4 Å². The smallest absolute Gasteiger partial charge is 0.268 e. The van der Waals surface area contributed by atoms with Crippen molar-refractivity contribution in [2.75, 3.05) is 5.32 Å². The molecule has 7 nitrogen and oxygen atoms in total. The molecule has 3 N–H and O–H groups in total. The van der Waals surface area contributed by atoms with Crippen LogP contribution in [0.25, 0.3) is 22.0 Å². The summed E-state index contributed by atoms with van der Waals surface area (Å²) in [4.78, 5) is 27.8. The standard InChI is InChI=1S/C21H15N5O2S/c22-19(27)18-12-29-21(24-18)17-10-9-16(25-26-17)13-5-4-6-14(11-13)20(28)23-15-7-2-1-3-8-15/h1-12H,(H2,22,27)(H,23,28). The number of nitrogens with zero attached hydrogens (tertiary/aromatic N) is 3. The van der Waals surface area contributed by atoms with E-state index >= 15 is 0 Å². The van der Waals surface area contributed by atoms with E-state index in [4.69, 9.17) is 5.73 Å². The van der Waals surface area contributed by atoms with E-state index in [0.29, 0.717) is 22.0 Å². The van der Waals surface area contributed by atoms with Crippen molar-refractivity contribution in [3.05, 3.63) is 83.4 Å². The molecule has 4 aromatic rings. The first kappa shape index (κ1) is 18.5. The lowest BCUT2D eigenvalue weighted by atomic mass is 10.1. The average Bonchev–Trinajstić information content (AvgIpc) is 3.25. The Morgan fingerprint density at radius 2 is 1.66 bits per heavy atom. The van der Waals surface area contributed by atoms with E-state index in [1.165, 1.54) is 11.3 Å². The van der Waals surface area contributed by atoms with Gasteiger partial charge in [-0.1, -0.05) is 30.3 Å². The number of rotatable bonds is 5. The Morgan fingerprint density at radius 1 is 0.897 bits per heavy atom. The number of para-hydroxylation sites is 1. The predicted octanol–water partition coefficient (Wildman–Crippen LogP) is 3.62. The van der Waals surface area contributed by atoms with Crippen LogP contribution < -0.4 is 11.1 Å². The number of benzene rings is 2. The van der Waals surface area contributed by atoms with Gasteiger partial charge in [0.1, 0.15) is 16.4 Å². The second-order valence-corrected chi connectivity index (χ2v) is 6.97. The number of primary amides is 1. The van der Waals surface area contributed by atoms with Crippen LogP contribution in [0.2, 0.25) is 0 Å². The van der Waals surface area contributed by atoms with E-state index in [2.05, 4.69) is 20.5 Å². The van der Waals surface area contributed by atoms with Gasteiger partial charge < -0.3 is 11.1 Å². The number of hydrogen-bond donors (Lipinski definition) is 2. The van der Waals surface area contributed by atoms with Gasteiger partial charge in [0.2, 0.25) is 0 Å². The van der Waals surface area contributed by atoms with Crippen LogP contribution in [0.5, 0.6) is 0 Å². The van der Waals surface area contributed by atoms with Gasteiger partial charge in [-0.25, -0.2) is 4.98 Å². The van der Waals surface area contributed by atoms with Crippen LogP contribution in [-0.2, 0) is 0 Å². The monoisotopic (exact) mass is 401 g/mol. The first-order valence-electron chi connectivity index (χ1n) is 8.66. The summed E-state index contributed by atoms with van der Waals surface area (Å²) in [6, 6.07) is 20.0. The number of aromatic nitrogens is 3. The van der Waals surface area contributed by atoms with Crippen LogP contribution in [-0.4, -0.2) is 27.0 Å². The van der Waals surface area contributed by atoms with Crippen LogP contribution in [0, 0.1) is 0 Å². The van der Waals surface area contributed by atoms with Crippen LogP contribution >= 0.6 is 11.3 Å². The van der Waals surface area contributed by atoms with Crippen molar-refractivity contribution in [1.82, 2.24) is 15.2 Å². The molecule has 142 valence electrons. The van der Waals surface area contributed by atoms with Crippen molar-refractivity contribution in [3.8, 4) is 22.0 Å². The molecule has 0 aliphatic heterocycles. The molecule has 0 aliphatic carbocycles. The van der Waals surface area contributed by atoms with Gasteiger partial charge in [0.25, 0.3) is 11.8 Å². The zero-order valence-electron chi connectivity index (χ0n) is 15.1. The van der Waals surface area contributed by atoms with E-state index in [1.54, 1.807) is 35.7 Å². The SMILES string of the molecule is NC(=O)c1csc(-c2ccc(-c3cccc(C(=O)Nc4ccccc4)c3)nn2)n1. The number of anilines is 1. The van der Waals surface area contributed by atoms with Crippen molar-refractivity contribution < 1.29 is 9.59 Å². The quantitative estimate of drug-likeness (QED) is 0.531. The molecule has 4 rings (SSSR count). The number of nitrogens with two attached hydrogens (primary N) is 1. The van der Waals surface area contributed by atoms with Gasteiger partial charge in [-0.05, 0) is 36.4 Å². The van der Waals surface area contributed by atoms with Gasteiger partial charge in [0, 0.05) is 22.2 Å². The maximum atomic E-state index is 12.5. The fourth-order valence-electron chi connectivity index (χ4n) is 2.65. The summed E-state index contributed by atoms with van der Waals surface area (Å²) in [7, 11) is 0. The topological polar surface area (TPSA) is 111 Å².